The molecule has 0 aliphatic carbocycles. The number of carbonyl (C=O) groups is 1. The Morgan fingerprint density at radius 3 is 2.53 bits per heavy atom. The lowest BCUT2D eigenvalue weighted by Crippen LogP contribution is -2.40. The molecule has 1 amide bonds. The molecule has 0 radical (unpaired) electrons. The Morgan fingerprint density at radius 1 is 1.19 bits per heavy atom. The van der Waals surface area contributed by atoms with Gasteiger partial charge in [0.25, 0.3) is 5.91 Å². The predicted molar refractivity (Wildman–Crippen MR) is 135 cm³/mol. The summed E-state index contributed by atoms with van der Waals surface area (Å²) < 4.78 is 35.4. The number of anilines is 2. The first-order chi connectivity index (χ1) is 16.7. The van der Waals surface area contributed by atoms with Gasteiger partial charge in [0, 0.05) is 35.6 Å². The monoisotopic (exact) mass is 498 g/mol. The summed E-state index contributed by atoms with van der Waals surface area (Å²) in [6, 6.07) is 9.39. The normalized spacial score (nSPS) is 19.1. The molecular formula is C27H32F2N4O3. The summed E-state index contributed by atoms with van der Waals surface area (Å²) in [5.74, 6) is -3.11. The molecule has 4 rings (SSSR count). The maximum Gasteiger partial charge on any atom is 0.300 e. The molecule has 7 nitrogen and oxygen atoms in total. The van der Waals surface area contributed by atoms with Crippen molar-refractivity contribution in [2.75, 3.05) is 23.9 Å². The van der Waals surface area contributed by atoms with Gasteiger partial charge in [-0.1, -0.05) is 18.2 Å². The number of aliphatic hydroxyl groups is 1. The van der Waals surface area contributed by atoms with Crippen molar-refractivity contribution in [3.05, 3.63) is 58.8 Å². The standard InChI is InChI=1S/C27H32F2N4O3/c1-8-36-26(6)21-13-19-16(3)31-32-23(20(19)14-22(21)33(7)24(26)34)30-15(2)17-10-9-11-18(12-17)27(28,29)25(4,5)35/h9-15,35H,8H2,1-7H3,(H,30,32)/t15-,26?/m1/s1. The van der Waals surface area contributed by atoms with Gasteiger partial charge in [-0.05, 0) is 65.3 Å². The molecule has 192 valence electrons. The number of rotatable bonds is 7. The summed E-state index contributed by atoms with van der Waals surface area (Å²) in [7, 11) is 1.71. The number of nitrogens with one attached hydrogen (secondary N) is 1. The average Bonchev–Trinajstić information content (AvgIpc) is 3.00. The predicted octanol–water partition coefficient (Wildman–Crippen LogP) is 5.20. The summed E-state index contributed by atoms with van der Waals surface area (Å²) >= 11 is 0. The van der Waals surface area contributed by atoms with Crippen molar-refractivity contribution in [3.8, 4) is 0 Å². The van der Waals surface area contributed by atoms with Crippen LogP contribution in [0.4, 0.5) is 20.3 Å². The van der Waals surface area contributed by atoms with Crippen LogP contribution in [0.5, 0.6) is 0 Å². The van der Waals surface area contributed by atoms with Crippen molar-refractivity contribution < 1.29 is 23.4 Å². The first kappa shape index (κ1) is 25.9. The number of hydrogen-bond acceptors (Lipinski definition) is 6. The van der Waals surface area contributed by atoms with E-state index >= 15 is 0 Å². The molecule has 1 aliphatic heterocycles. The summed E-state index contributed by atoms with van der Waals surface area (Å²) in [4.78, 5) is 14.6. The van der Waals surface area contributed by atoms with Crippen LogP contribution in [0.25, 0.3) is 10.8 Å². The van der Waals surface area contributed by atoms with Gasteiger partial charge in [0.15, 0.2) is 11.4 Å². The molecule has 2 heterocycles. The van der Waals surface area contributed by atoms with E-state index in [1.165, 1.54) is 12.1 Å². The van der Waals surface area contributed by atoms with E-state index < -0.39 is 23.2 Å². The van der Waals surface area contributed by atoms with Crippen LogP contribution in [0.3, 0.4) is 0 Å². The minimum absolute atomic E-state index is 0.152. The fraction of sp³-hybridized carbons (Fsp3) is 0.444. The van der Waals surface area contributed by atoms with Crippen molar-refractivity contribution in [1.29, 1.82) is 0 Å². The molecule has 2 atom stereocenters. The smallest absolute Gasteiger partial charge is 0.300 e. The number of amides is 1. The van der Waals surface area contributed by atoms with E-state index in [0.29, 0.717) is 23.7 Å². The molecule has 1 unspecified atom stereocenters. The Hall–Kier alpha value is -3.17. The number of likely N-dealkylation sites (N-methyl/N-ethyl adjacent to an activating group) is 1. The molecule has 9 heteroatoms. The molecule has 1 aliphatic rings. The molecule has 36 heavy (non-hydrogen) atoms. The van der Waals surface area contributed by atoms with Gasteiger partial charge < -0.3 is 20.1 Å². The summed E-state index contributed by atoms with van der Waals surface area (Å²) in [6.07, 6.45) is 0. The van der Waals surface area contributed by atoms with E-state index in [9.17, 15) is 18.7 Å². The first-order valence-electron chi connectivity index (χ1n) is 11.9. The van der Waals surface area contributed by atoms with Gasteiger partial charge in [-0.3, -0.25) is 4.79 Å². The number of carbonyl (C=O) groups excluding carboxylic acids is 1. The highest BCUT2D eigenvalue weighted by Gasteiger charge is 2.48. The zero-order valence-corrected chi connectivity index (χ0v) is 21.6. The van der Waals surface area contributed by atoms with Gasteiger partial charge in [-0.2, -0.15) is 13.9 Å². The summed E-state index contributed by atoms with van der Waals surface area (Å²) in [5, 5.41) is 23.5. The summed E-state index contributed by atoms with van der Waals surface area (Å²) in [6.45, 7) is 9.87. The number of benzene rings is 2. The van der Waals surface area contributed by atoms with Gasteiger partial charge in [-0.25, -0.2) is 0 Å². The van der Waals surface area contributed by atoms with Crippen LogP contribution in [0, 0.1) is 6.92 Å². The number of halogens is 2. The van der Waals surface area contributed by atoms with Gasteiger partial charge in [-0.15, -0.1) is 5.10 Å². The number of nitrogens with zero attached hydrogens (tertiary/aromatic N) is 3. The van der Waals surface area contributed by atoms with E-state index in [0.717, 1.165) is 35.9 Å². The lowest BCUT2D eigenvalue weighted by atomic mass is 9.91. The second-order valence-corrected chi connectivity index (χ2v) is 10.0. The van der Waals surface area contributed by atoms with Crippen LogP contribution < -0.4 is 10.2 Å². The minimum atomic E-state index is -3.43. The number of aryl methyl sites for hydroxylation is 1. The van der Waals surface area contributed by atoms with Crippen LogP contribution in [-0.2, 0) is 21.1 Å². The number of alkyl halides is 2. The quantitative estimate of drug-likeness (QED) is 0.466. The molecule has 0 spiro atoms. The molecule has 3 aromatic rings. The fourth-order valence-corrected chi connectivity index (χ4v) is 4.70. The topological polar surface area (TPSA) is 87.6 Å². The number of fused-ring (bicyclic) bond motifs is 2. The highest BCUT2D eigenvalue weighted by Crippen LogP contribution is 2.45. The van der Waals surface area contributed by atoms with Crippen molar-refractivity contribution in [2.24, 2.45) is 0 Å². The molecule has 0 saturated carbocycles. The van der Waals surface area contributed by atoms with Crippen molar-refractivity contribution in [3.63, 3.8) is 0 Å². The SMILES string of the molecule is CCOC1(C)C(=O)N(C)c2cc3c(N[C@H](C)c4cccc(C(F)(F)C(C)(C)O)c4)nnc(C)c3cc21. The van der Waals surface area contributed by atoms with Crippen LogP contribution in [0.2, 0.25) is 0 Å². The second kappa shape index (κ2) is 8.74. The average molecular weight is 499 g/mol. The van der Waals surface area contributed by atoms with Crippen LogP contribution in [0.15, 0.2) is 36.4 Å². The number of aromatic nitrogens is 2. The van der Waals surface area contributed by atoms with E-state index in [1.54, 1.807) is 31.0 Å². The third kappa shape index (κ3) is 4.00. The lowest BCUT2D eigenvalue weighted by molar-refractivity contribution is -0.168. The Kier molecular flexibility index (Phi) is 6.29. The van der Waals surface area contributed by atoms with E-state index in [4.69, 9.17) is 4.74 Å². The second-order valence-electron chi connectivity index (χ2n) is 10.0. The van der Waals surface area contributed by atoms with E-state index in [1.807, 2.05) is 32.9 Å². The molecule has 0 bridgehead atoms. The zero-order chi connectivity index (χ0) is 26.6. The Morgan fingerprint density at radius 2 is 1.89 bits per heavy atom. The summed E-state index contributed by atoms with van der Waals surface area (Å²) in [5.41, 5.74) is -0.784. The third-order valence-corrected chi connectivity index (χ3v) is 6.97. The van der Waals surface area contributed by atoms with Gasteiger partial charge in [0.1, 0.15) is 5.60 Å². The van der Waals surface area contributed by atoms with Crippen molar-refractivity contribution in [1.82, 2.24) is 10.2 Å². The van der Waals surface area contributed by atoms with Gasteiger partial charge in [0.2, 0.25) is 0 Å². The lowest BCUT2D eigenvalue weighted by Gasteiger charge is -2.30. The maximum absolute atomic E-state index is 14.8. The zero-order valence-electron chi connectivity index (χ0n) is 21.6. The number of ether oxygens (including phenoxy) is 1. The van der Waals surface area contributed by atoms with Crippen molar-refractivity contribution >= 4 is 28.2 Å². The van der Waals surface area contributed by atoms with Gasteiger partial charge in [0.05, 0.1) is 17.4 Å². The third-order valence-electron chi connectivity index (χ3n) is 6.97. The van der Waals surface area contributed by atoms with E-state index in [-0.39, 0.29) is 11.5 Å². The molecular weight excluding hydrogens is 466 g/mol. The molecule has 0 fully saturated rings. The Labute approximate surface area is 209 Å². The molecule has 0 saturated heterocycles. The highest BCUT2D eigenvalue weighted by atomic mass is 19.3. The Balaban J connectivity index is 1.76. The first-order valence-corrected chi connectivity index (χ1v) is 11.9. The number of hydrogen-bond donors (Lipinski definition) is 2. The molecule has 2 N–H and O–H groups in total. The highest BCUT2D eigenvalue weighted by molar-refractivity contribution is 6.10. The maximum atomic E-state index is 14.8. The van der Waals surface area contributed by atoms with Gasteiger partial charge >= 0.3 is 5.92 Å². The van der Waals surface area contributed by atoms with Crippen molar-refractivity contribution in [2.45, 2.75) is 64.7 Å². The molecule has 1 aromatic heterocycles. The molecule has 2 aromatic carbocycles. The largest absolute Gasteiger partial charge is 0.384 e. The van der Waals surface area contributed by atoms with Crippen LogP contribution in [0.1, 0.15) is 63.0 Å². The van der Waals surface area contributed by atoms with Crippen LogP contribution in [-0.4, -0.2) is 40.5 Å². The fourth-order valence-electron chi connectivity index (χ4n) is 4.70. The van der Waals surface area contributed by atoms with E-state index in [2.05, 4.69) is 15.5 Å². The minimum Gasteiger partial charge on any atom is -0.384 e. The van der Waals surface area contributed by atoms with Crippen LogP contribution >= 0.6 is 0 Å². The Bertz CT molecular complexity index is 1340.